The lowest BCUT2D eigenvalue weighted by Gasteiger charge is -2.20. The number of methoxy groups -OCH3 is 1. The molecule has 1 aromatic rings. The Morgan fingerprint density at radius 3 is 3.33 bits per heavy atom. The molecule has 0 saturated carbocycles. The Labute approximate surface area is 85.8 Å². The molecule has 1 aliphatic heterocycles. The third-order valence-electron chi connectivity index (χ3n) is 2.23. The van der Waals surface area contributed by atoms with E-state index < -0.39 is 4.92 Å². The number of hydrogen-bond donors (Lipinski definition) is 0. The van der Waals surface area contributed by atoms with Gasteiger partial charge in [-0.3, -0.25) is 4.57 Å². The van der Waals surface area contributed by atoms with Gasteiger partial charge in [-0.2, -0.15) is 0 Å². The molecule has 2 rings (SSSR count). The summed E-state index contributed by atoms with van der Waals surface area (Å²) >= 11 is 0. The third kappa shape index (κ3) is 1.91. The molecule has 0 radical (unpaired) electrons. The van der Waals surface area contributed by atoms with Crippen molar-refractivity contribution in [1.29, 1.82) is 0 Å². The van der Waals surface area contributed by atoms with Gasteiger partial charge in [0.05, 0.1) is 6.61 Å². The molecule has 7 heteroatoms. The van der Waals surface area contributed by atoms with Crippen LogP contribution in [-0.4, -0.2) is 34.3 Å². The predicted molar refractivity (Wildman–Crippen MR) is 49.8 cm³/mol. The number of imidazole rings is 1. The third-order valence-corrected chi connectivity index (χ3v) is 2.23. The molecule has 0 saturated heterocycles. The number of aryl methyl sites for hydroxylation is 1. The standard InChI is InChI=1S/C8H11N3O4/c1-14-5-6-2-3-10-4-7(11(12)13)9-8(10)15-6/h4,6H,2-3,5H2,1H3/t6-/m0/s1. The molecule has 0 N–H and O–H groups in total. The van der Waals surface area contributed by atoms with E-state index in [9.17, 15) is 10.1 Å². The van der Waals surface area contributed by atoms with Crippen LogP contribution in [-0.2, 0) is 11.3 Å². The van der Waals surface area contributed by atoms with Crippen molar-refractivity contribution in [1.82, 2.24) is 9.55 Å². The number of nitro groups is 1. The zero-order valence-corrected chi connectivity index (χ0v) is 8.25. The molecule has 15 heavy (non-hydrogen) atoms. The van der Waals surface area contributed by atoms with Gasteiger partial charge in [0.15, 0.2) is 0 Å². The van der Waals surface area contributed by atoms with E-state index in [-0.39, 0.29) is 11.9 Å². The van der Waals surface area contributed by atoms with Crippen LogP contribution in [0.25, 0.3) is 0 Å². The van der Waals surface area contributed by atoms with E-state index in [1.54, 1.807) is 11.7 Å². The largest absolute Gasteiger partial charge is 0.440 e. The zero-order valence-electron chi connectivity index (χ0n) is 8.25. The molecule has 0 unspecified atom stereocenters. The summed E-state index contributed by atoms with van der Waals surface area (Å²) < 4.78 is 12.0. The Hall–Kier alpha value is -1.63. The quantitative estimate of drug-likeness (QED) is 0.542. The van der Waals surface area contributed by atoms with Crippen molar-refractivity contribution in [3.63, 3.8) is 0 Å². The van der Waals surface area contributed by atoms with Gasteiger partial charge in [-0.25, -0.2) is 0 Å². The summed E-state index contributed by atoms with van der Waals surface area (Å²) in [6.07, 6.45) is 2.09. The average molecular weight is 213 g/mol. The van der Waals surface area contributed by atoms with Crippen molar-refractivity contribution < 1.29 is 14.4 Å². The summed E-state index contributed by atoms with van der Waals surface area (Å²) in [6.45, 7) is 1.14. The van der Waals surface area contributed by atoms with E-state index in [4.69, 9.17) is 9.47 Å². The lowest BCUT2D eigenvalue weighted by Crippen LogP contribution is -2.29. The Balaban J connectivity index is 2.15. The normalized spacial score (nSPS) is 19.4. The molecular formula is C8H11N3O4. The fourth-order valence-electron chi connectivity index (χ4n) is 1.52. The maximum Gasteiger partial charge on any atom is 0.414 e. The van der Waals surface area contributed by atoms with Gasteiger partial charge in [0, 0.05) is 25.1 Å². The number of ether oxygens (including phenoxy) is 2. The smallest absolute Gasteiger partial charge is 0.414 e. The summed E-state index contributed by atoms with van der Waals surface area (Å²) in [5.74, 6) is -0.178. The van der Waals surface area contributed by atoms with E-state index in [1.807, 2.05) is 0 Å². The van der Waals surface area contributed by atoms with Gasteiger partial charge >= 0.3 is 11.8 Å². The van der Waals surface area contributed by atoms with Gasteiger partial charge in [0.1, 0.15) is 12.3 Å². The first kappa shape index (κ1) is 9.91. The molecule has 82 valence electrons. The minimum absolute atomic E-state index is 0.0653. The van der Waals surface area contributed by atoms with Crippen LogP contribution in [0, 0.1) is 10.1 Å². The van der Waals surface area contributed by atoms with E-state index in [0.29, 0.717) is 19.2 Å². The molecule has 0 bridgehead atoms. The second-order valence-corrected chi connectivity index (χ2v) is 3.32. The topological polar surface area (TPSA) is 79.4 Å². The van der Waals surface area contributed by atoms with Gasteiger partial charge in [0.2, 0.25) is 0 Å². The molecule has 7 nitrogen and oxygen atoms in total. The predicted octanol–water partition coefficient (Wildman–Crippen LogP) is 0.589. The maximum absolute atomic E-state index is 10.5. The van der Waals surface area contributed by atoms with Crippen LogP contribution in [0.2, 0.25) is 0 Å². The van der Waals surface area contributed by atoms with Crippen molar-refractivity contribution in [3.8, 4) is 6.01 Å². The minimum Gasteiger partial charge on any atom is -0.440 e. The summed E-state index contributed by atoms with van der Waals surface area (Å²) in [5, 5.41) is 10.5. The first-order valence-electron chi connectivity index (χ1n) is 4.58. The van der Waals surface area contributed by atoms with E-state index in [2.05, 4.69) is 4.98 Å². The van der Waals surface area contributed by atoms with Crippen LogP contribution < -0.4 is 4.74 Å². The van der Waals surface area contributed by atoms with Crippen LogP contribution in [0.3, 0.4) is 0 Å². The molecule has 1 aromatic heterocycles. The van der Waals surface area contributed by atoms with Crippen molar-refractivity contribution in [2.75, 3.05) is 13.7 Å². The molecule has 2 heterocycles. The summed E-state index contributed by atoms with van der Waals surface area (Å²) in [4.78, 5) is 13.7. The van der Waals surface area contributed by atoms with Crippen LogP contribution in [0.1, 0.15) is 6.42 Å². The Bertz CT molecular complexity index is 376. The summed E-state index contributed by atoms with van der Waals surface area (Å²) in [7, 11) is 1.59. The molecule has 0 amide bonds. The highest BCUT2D eigenvalue weighted by molar-refractivity contribution is 5.21. The number of rotatable bonds is 3. The monoisotopic (exact) mass is 213 g/mol. The molecule has 0 fully saturated rings. The Morgan fingerprint density at radius 2 is 2.67 bits per heavy atom. The van der Waals surface area contributed by atoms with Crippen LogP contribution in [0.4, 0.5) is 5.82 Å². The van der Waals surface area contributed by atoms with E-state index in [1.165, 1.54) is 6.20 Å². The SMILES string of the molecule is COC[C@@H]1CCn2cc([N+](=O)[O-])nc2O1. The highest BCUT2D eigenvalue weighted by atomic mass is 16.6. The van der Waals surface area contributed by atoms with Gasteiger partial charge in [-0.1, -0.05) is 0 Å². The van der Waals surface area contributed by atoms with Crippen LogP contribution in [0.15, 0.2) is 6.20 Å². The van der Waals surface area contributed by atoms with Crippen molar-refractivity contribution in [2.24, 2.45) is 0 Å². The molecule has 0 spiro atoms. The Kier molecular flexibility index (Phi) is 2.55. The maximum atomic E-state index is 10.5. The molecule has 1 atom stereocenters. The highest BCUT2D eigenvalue weighted by Gasteiger charge is 2.27. The van der Waals surface area contributed by atoms with Gasteiger partial charge < -0.3 is 19.6 Å². The van der Waals surface area contributed by atoms with Crippen LogP contribution >= 0.6 is 0 Å². The first-order valence-corrected chi connectivity index (χ1v) is 4.58. The molecule has 0 aliphatic carbocycles. The number of hydrogen-bond acceptors (Lipinski definition) is 5. The van der Waals surface area contributed by atoms with Crippen molar-refractivity contribution >= 4 is 5.82 Å². The summed E-state index contributed by atoms with van der Waals surface area (Å²) in [5.41, 5.74) is 0. The van der Waals surface area contributed by atoms with Gasteiger partial charge in [-0.05, 0) is 4.92 Å². The molecule has 0 aromatic carbocycles. The fourth-order valence-corrected chi connectivity index (χ4v) is 1.52. The molecular weight excluding hydrogens is 202 g/mol. The summed E-state index contributed by atoms with van der Waals surface area (Å²) in [6, 6.07) is 0.301. The van der Waals surface area contributed by atoms with E-state index >= 15 is 0 Å². The van der Waals surface area contributed by atoms with E-state index in [0.717, 1.165) is 6.42 Å². The van der Waals surface area contributed by atoms with Crippen molar-refractivity contribution in [3.05, 3.63) is 16.3 Å². The number of aromatic nitrogens is 2. The Morgan fingerprint density at radius 1 is 1.87 bits per heavy atom. The number of fused-ring (bicyclic) bond motifs is 1. The lowest BCUT2D eigenvalue weighted by molar-refractivity contribution is -0.389. The molecule has 1 aliphatic rings. The van der Waals surface area contributed by atoms with Crippen molar-refractivity contribution in [2.45, 2.75) is 19.1 Å². The van der Waals surface area contributed by atoms with Gasteiger partial charge in [-0.15, -0.1) is 0 Å². The zero-order chi connectivity index (χ0) is 10.8. The first-order chi connectivity index (χ1) is 7.20. The van der Waals surface area contributed by atoms with Gasteiger partial charge in [0.25, 0.3) is 0 Å². The lowest BCUT2D eigenvalue weighted by atomic mass is 10.2. The second kappa shape index (κ2) is 3.85. The minimum atomic E-state index is -0.528. The fraction of sp³-hybridized carbons (Fsp3) is 0.625. The van der Waals surface area contributed by atoms with Crippen LogP contribution in [0.5, 0.6) is 6.01 Å². The average Bonchev–Trinajstić information content (AvgIpc) is 2.61. The second-order valence-electron chi connectivity index (χ2n) is 3.32. The number of nitrogens with zero attached hydrogens (tertiary/aromatic N) is 3. The highest BCUT2D eigenvalue weighted by Crippen LogP contribution is 2.23.